The van der Waals surface area contributed by atoms with Gasteiger partial charge in [0.2, 0.25) is 0 Å². The number of carbonyl (C=O) groups is 2. The second-order valence-corrected chi connectivity index (χ2v) is 21.2. The fourth-order valence-corrected chi connectivity index (χ4v) is 12.1. The van der Waals surface area contributed by atoms with E-state index >= 15 is 9.59 Å². The number of hydrogen-bond donors (Lipinski definition) is 5. The molecule has 7 aromatic rings. The Morgan fingerprint density at radius 2 is 1.19 bits per heavy atom. The number of halogens is 3. The minimum Gasteiger partial charge on any atom is -0.385 e. The zero-order chi connectivity index (χ0) is 52.7. The maximum Gasteiger partial charge on any atom is 0.389 e. The normalized spacial score (nSPS) is 12.7. The smallest absolute Gasteiger partial charge is 0.385 e. The maximum absolute atomic E-state index is 15.3. The molecule has 73 heavy (non-hydrogen) atoms. The molecule has 0 aliphatic heterocycles. The topological polar surface area (TPSA) is 182 Å². The van der Waals surface area contributed by atoms with E-state index < -0.39 is 44.4 Å². The van der Waals surface area contributed by atoms with Gasteiger partial charge >= 0.3 is 6.18 Å². The number of nitrogens with one attached hydrogen (secondary N) is 3. The van der Waals surface area contributed by atoms with Gasteiger partial charge in [0.15, 0.2) is 11.6 Å². The van der Waals surface area contributed by atoms with Crippen LogP contribution in [0.15, 0.2) is 119 Å². The minimum absolute atomic E-state index is 0.0594. The highest BCUT2D eigenvalue weighted by molar-refractivity contribution is 7.86. The summed E-state index contributed by atoms with van der Waals surface area (Å²) < 4.78 is 111. The second kappa shape index (κ2) is 20.5. The molecule has 1 aliphatic rings. The Labute approximate surface area is 423 Å². The molecule has 0 radical (unpaired) electrons. The summed E-state index contributed by atoms with van der Waals surface area (Å²) in [6.07, 6.45) is -4.45. The van der Waals surface area contributed by atoms with Gasteiger partial charge in [-0.05, 0) is 159 Å². The van der Waals surface area contributed by atoms with Gasteiger partial charge in [0, 0.05) is 65.3 Å². The Hall–Kier alpha value is -7.05. The van der Waals surface area contributed by atoms with Crippen molar-refractivity contribution in [2.75, 3.05) is 40.5 Å². The van der Waals surface area contributed by atoms with E-state index in [2.05, 4.69) is 20.9 Å². The third-order valence-corrected chi connectivity index (χ3v) is 15.7. The van der Waals surface area contributed by atoms with Crippen LogP contribution in [0.2, 0.25) is 0 Å². The SMILES string of the molecule is CCN(CCCc1cc(C)c(Nc2ccc(Nc3c(C)cc(C)c(S(=O)(=O)O)c3C)c3c2C(=O)c2cc(-c4ccc5cccc(NCCCC(F)(F)F)c5c4)ccc2C3=O)c(C)c1S(=O)(=O)O)c1ccccc1. The van der Waals surface area contributed by atoms with Gasteiger partial charge in [-0.15, -0.1) is 0 Å². The number of ketones is 2. The first-order valence-electron chi connectivity index (χ1n) is 23.7. The quantitative estimate of drug-likeness (QED) is 0.0431. The van der Waals surface area contributed by atoms with Gasteiger partial charge in [-0.25, -0.2) is 0 Å². The van der Waals surface area contributed by atoms with Crippen LogP contribution < -0.4 is 20.9 Å². The number of benzene rings is 7. The molecule has 380 valence electrons. The molecule has 7 aromatic carbocycles. The predicted molar refractivity (Wildman–Crippen MR) is 282 cm³/mol. The van der Waals surface area contributed by atoms with Crippen LogP contribution in [0.4, 0.5) is 47.3 Å². The van der Waals surface area contributed by atoms with Crippen LogP contribution in [0.5, 0.6) is 0 Å². The molecular weight excluding hydrogens is 978 g/mol. The third kappa shape index (κ3) is 10.9. The van der Waals surface area contributed by atoms with Gasteiger partial charge in [0.25, 0.3) is 20.2 Å². The van der Waals surface area contributed by atoms with Crippen LogP contribution in [-0.4, -0.2) is 63.3 Å². The molecule has 0 aromatic heterocycles. The summed E-state index contributed by atoms with van der Waals surface area (Å²) in [5, 5.41) is 11.2. The first kappa shape index (κ1) is 52.3. The molecule has 5 N–H and O–H groups in total. The van der Waals surface area contributed by atoms with E-state index in [1.165, 1.54) is 6.92 Å². The van der Waals surface area contributed by atoms with Crippen LogP contribution in [0, 0.1) is 34.6 Å². The average Bonchev–Trinajstić information content (AvgIpc) is 3.32. The number of hydrogen-bond acceptors (Lipinski definition) is 10. The highest BCUT2D eigenvalue weighted by Crippen LogP contribution is 2.43. The maximum atomic E-state index is 15.3. The van der Waals surface area contributed by atoms with Gasteiger partial charge in [0.05, 0.1) is 22.5 Å². The Morgan fingerprint density at radius 1 is 0.603 bits per heavy atom. The first-order chi connectivity index (χ1) is 34.5. The predicted octanol–water partition coefficient (Wildman–Crippen LogP) is 13.0. The lowest BCUT2D eigenvalue weighted by Crippen LogP contribution is -2.24. The number of nitrogens with zero attached hydrogens (tertiary/aromatic N) is 1. The molecule has 17 heteroatoms. The van der Waals surface area contributed by atoms with Crippen molar-refractivity contribution in [3.05, 3.63) is 165 Å². The monoisotopic (exact) mass is 1030 g/mol. The Balaban J connectivity index is 1.22. The Morgan fingerprint density at radius 3 is 1.81 bits per heavy atom. The van der Waals surface area contributed by atoms with Gasteiger partial charge < -0.3 is 20.9 Å². The number of aryl methyl sites for hydroxylation is 4. The van der Waals surface area contributed by atoms with Crippen molar-refractivity contribution in [3.63, 3.8) is 0 Å². The highest BCUT2D eigenvalue weighted by Gasteiger charge is 2.36. The molecule has 0 spiro atoms. The van der Waals surface area contributed by atoms with E-state index in [0.717, 1.165) is 23.0 Å². The zero-order valence-electron chi connectivity index (χ0n) is 41.1. The summed E-state index contributed by atoms with van der Waals surface area (Å²) >= 11 is 0. The van der Waals surface area contributed by atoms with E-state index in [9.17, 15) is 39.1 Å². The summed E-state index contributed by atoms with van der Waals surface area (Å²) in [6.45, 7) is 11.6. The molecule has 1 aliphatic carbocycles. The molecule has 0 atom stereocenters. The van der Waals surface area contributed by atoms with Crippen molar-refractivity contribution < 1.29 is 48.7 Å². The number of anilines is 6. The summed E-state index contributed by atoms with van der Waals surface area (Å²) in [7, 11) is -9.49. The lowest BCUT2D eigenvalue weighted by molar-refractivity contribution is -0.134. The summed E-state index contributed by atoms with van der Waals surface area (Å²) in [5.41, 5.74) is 5.97. The van der Waals surface area contributed by atoms with E-state index in [4.69, 9.17) is 0 Å². The number of alkyl halides is 3. The summed E-state index contributed by atoms with van der Waals surface area (Å²) in [6, 6.07) is 32.1. The van der Waals surface area contributed by atoms with Gasteiger partial charge in [-0.2, -0.15) is 30.0 Å². The fraction of sp³-hybridized carbons (Fsp3) is 0.250. The van der Waals surface area contributed by atoms with E-state index in [0.29, 0.717) is 58.5 Å². The molecule has 0 amide bonds. The molecule has 12 nitrogen and oxygen atoms in total. The van der Waals surface area contributed by atoms with Crippen LogP contribution >= 0.6 is 0 Å². The number of fused-ring (bicyclic) bond motifs is 3. The van der Waals surface area contributed by atoms with Crippen LogP contribution in [-0.2, 0) is 26.7 Å². The van der Waals surface area contributed by atoms with Crippen molar-refractivity contribution in [2.45, 2.75) is 83.2 Å². The molecule has 0 saturated carbocycles. The van der Waals surface area contributed by atoms with E-state index in [-0.39, 0.29) is 78.9 Å². The van der Waals surface area contributed by atoms with Crippen LogP contribution in [0.3, 0.4) is 0 Å². The van der Waals surface area contributed by atoms with Crippen molar-refractivity contribution in [3.8, 4) is 11.1 Å². The van der Waals surface area contributed by atoms with E-state index in [1.54, 1.807) is 82.3 Å². The molecular formula is C56H55F3N4O8S2. The van der Waals surface area contributed by atoms with Gasteiger partial charge in [0.1, 0.15) is 9.79 Å². The molecule has 0 bridgehead atoms. The minimum atomic E-state index is -4.80. The van der Waals surface area contributed by atoms with Gasteiger partial charge in [-0.3, -0.25) is 18.7 Å². The van der Waals surface area contributed by atoms with E-state index in [1.807, 2.05) is 61.5 Å². The second-order valence-electron chi connectivity index (χ2n) is 18.5. The van der Waals surface area contributed by atoms with Crippen LogP contribution in [0.25, 0.3) is 21.9 Å². The molecule has 8 rings (SSSR count). The van der Waals surface area contributed by atoms with Gasteiger partial charge in [-0.1, -0.05) is 60.7 Å². The molecule has 0 fully saturated rings. The number of carbonyl (C=O) groups excluding carboxylic acids is 2. The van der Waals surface area contributed by atoms with Crippen molar-refractivity contribution in [1.29, 1.82) is 0 Å². The highest BCUT2D eigenvalue weighted by atomic mass is 32.2. The Bertz CT molecular complexity index is 3580. The average molecular weight is 1030 g/mol. The largest absolute Gasteiger partial charge is 0.389 e. The standard InChI is InChI=1S/C56H55F3N4O8S2/c1-7-63(41-16-9-8-10-17-41)27-12-15-40-29-33(3)51(36(6)55(40)73(69,70)71)62-47-24-23-46(61-50-32(2)28-34(4)54(35(50)5)72(66,67)68)48-49(47)53(65)44-31-39(21-22-42(44)52(48)64)38-20-19-37-14-11-18-45(43(37)30-38)60-26-13-25-56(57,58)59/h8-11,14,16-24,28-31,60-62H,7,12-13,15,25-27H2,1-6H3,(H,66,67,68)(H,69,70,71). The van der Waals surface area contributed by atoms with Crippen LogP contribution in [0.1, 0.15) is 91.4 Å². The summed E-state index contributed by atoms with van der Waals surface area (Å²) in [4.78, 5) is 31.9. The first-order valence-corrected chi connectivity index (χ1v) is 26.6. The Kier molecular flexibility index (Phi) is 14.6. The zero-order valence-corrected chi connectivity index (χ0v) is 42.7. The number of para-hydroxylation sites is 1. The number of rotatable bonds is 17. The van der Waals surface area contributed by atoms with Crippen molar-refractivity contribution in [1.82, 2.24) is 0 Å². The molecule has 0 heterocycles. The molecule has 0 unspecified atom stereocenters. The van der Waals surface area contributed by atoms with Crippen molar-refractivity contribution in [2.24, 2.45) is 0 Å². The third-order valence-electron chi connectivity index (χ3n) is 13.4. The molecule has 0 saturated heterocycles. The summed E-state index contributed by atoms with van der Waals surface area (Å²) in [5.74, 6) is -1.12. The lowest BCUT2D eigenvalue weighted by atomic mass is 9.80. The van der Waals surface area contributed by atoms with Crippen molar-refractivity contribution >= 4 is 76.7 Å². The lowest BCUT2D eigenvalue weighted by Gasteiger charge is -2.27. The fourth-order valence-electron chi connectivity index (χ4n) is 10.2.